The third-order valence-electron chi connectivity index (χ3n) is 4.58. The first-order valence-corrected chi connectivity index (χ1v) is 9.94. The molecule has 29 heavy (non-hydrogen) atoms. The Morgan fingerprint density at radius 3 is 2.48 bits per heavy atom. The Balaban J connectivity index is 2.22. The van der Waals surface area contributed by atoms with E-state index in [9.17, 15) is 23.7 Å². The van der Waals surface area contributed by atoms with E-state index in [1.165, 1.54) is 44.6 Å². The predicted molar refractivity (Wildman–Crippen MR) is 105 cm³/mol. The van der Waals surface area contributed by atoms with Crippen LogP contribution in [0.2, 0.25) is 0 Å². The van der Waals surface area contributed by atoms with Gasteiger partial charge < -0.3 is 20.0 Å². The van der Waals surface area contributed by atoms with Gasteiger partial charge in [0.05, 0.1) is 24.0 Å². The standard InChI is InChI=1S/C17H20N4O7S/c1-18-9-12-13(20(22)23)5-4-6-14(12)21(24)10-11-7-15(27-2)16(28-3)8-17(11)29(25,26)19-21/h4-8,18-19H,9-10H2,1-3H3. The topological polar surface area (TPSA) is 143 Å². The Hall–Kier alpha value is -2.77. The van der Waals surface area contributed by atoms with Crippen LogP contribution in [0.4, 0.5) is 11.4 Å². The molecule has 1 aliphatic rings. The van der Waals surface area contributed by atoms with E-state index in [0.29, 0.717) is 0 Å². The quantitative estimate of drug-likeness (QED) is 0.308. The largest absolute Gasteiger partial charge is 0.605 e. The van der Waals surface area contributed by atoms with Gasteiger partial charge in [-0.1, -0.05) is 0 Å². The van der Waals surface area contributed by atoms with Crippen LogP contribution < -0.4 is 24.4 Å². The molecule has 2 aromatic carbocycles. The van der Waals surface area contributed by atoms with Crippen molar-refractivity contribution in [3.05, 3.63) is 56.8 Å². The maximum atomic E-state index is 13.7. The summed E-state index contributed by atoms with van der Waals surface area (Å²) >= 11 is 0. The summed E-state index contributed by atoms with van der Waals surface area (Å²) in [7, 11) is 0.0984. The third-order valence-corrected chi connectivity index (χ3v) is 6.08. The molecule has 0 amide bonds. The second-order valence-corrected chi connectivity index (χ2v) is 8.00. The number of hydrogen-bond donors (Lipinski definition) is 2. The molecule has 1 atom stereocenters. The number of nitrogens with zero attached hydrogens (tertiary/aromatic N) is 2. The Bertz CT molecular complexity index is 1070. The van der Waals surface area contributed by atoms with Crippen molar-refractivity contribution in [3.8, 4) is 11.5 Å². The third kappa shape index (κ3) is 3.63. The molecule has 1 heterocycles. The van der Waals surface area contributed by atoms with Gasteiger partial charge in [-0.15, -0.1) is 0 Å². The molecule has 12 heteroatoms. The highest BCUT2D eigenvalue weighted by Crippen LogP contribution is 2.40. The number of nitro benzene ring substituents is 1. The SMILES string of the molecule is CNCc1c([N+](=O)[O-])cccc1[N+]1([O-])Cc2cc(OC)c(OC)cc2S(=O)(=O)N1. The zero-order valence-electron chi connectivity index (χ0n) is 16.0. The van der Waals surface area contributed by atoms with Crippen LogP contribution in [0.25, 0.3) is 0 Å². The van der Waals surface area contributed by atoms with Crippen molar-refractivity contribution in [3.63, 3.8) is 0 Å². The molecule has 2 N–H and O–H groups in total. The minimum atomic E-state index is -4.24. The highest BCUT2D eigenvalue weighted by molar-refractivity contribution is 7.89. The predicted octanol–water partition coefficient (Wildman–Crippen LogP) is 1.54. The summed E-state index contributed by atoms with van der Waals surface area (Å²) in [4.78, 5) is 12.8. The van der Waals surface area contributed by atoms with E-state index >= 15 is 0 Å². The van der Waals surface area contributed by atoms with Gasteiger partial charge in [-0.25, -0.2) is 13.2 Å². The van der Waals surface area contributed by atoms with Crippen molar-refractivity contribution in [2.75, 3.05) is 21.3 Å². The summed E-state index contributed by atoms with van der Waals surface area (Å²) in [5.41, 5.74) is -0.0417. The lowest BCUT2D eigenvalue weighted by molar-refractivity contribution is -0.385. The average molecular weight is 424 g/mol. The molecule has 156 valence electrons. The number of quaternary nitrogens is 1. The van der Waals surface area contributed by atoms with Crippen LogP contribution in [-0.4, -0.2) is 34.6 Å². The van der Waals surface area contributed by atoms with E-state index < -0.39 is 19.7 Å². The van der Waals surface area contributed by atoms with Crippen LogP contribution in [0.1, 0.15) is 11.1 Å². The zero-order valence-corrected chi connectivity index (χ0v) is 16.8. The number of nitrogens with one attached hydrogen (secondary N) is 2. The molecule has 2 aromatic rings. The van der Waals surface area contributed by atoms with Crippen molar-refractivity contribution in [1.29, 1.82) is 0 Å². The Morgan fingerprint density at radius 1 is 1.24 bits per heavy atom. The molecule has 0 spiro atoms. The molecular formula is C17H20N4O7S. The van der Waals surface area contributed by atoms with Gasteiger partial charge in [0.15, 0.2) is 17.2 Å². The van der Waals surface area contributed by atoms with Crippen LogP contribution in [-0.2, 0) is 23.1 Å². The molecule has 11 nitrogen and oxygen atoms in total. The van der Waals surface area contributed by atoms with Crippen LogP contribution in [0.15, 0.2) is 35.2 Å². The van der Waals surface area contributed by atoms with E-state index in [1.54, 1.807) is 7.05 Å². The zero-order chi connectivity index (χ0) is 21.4. The van der Waals surface area contributed by atoms with E-state index in [0.717, 1.165) is 0 Å². The Labute approximate surface area is 167 Å². The first kappa shape index (κ1) is 21.0. The fourth-order valence-corrected chi connectivity index (χ4v) is 4.74. The van der Waals surface area contributed by atoms with Crippen molar-refractivity contribution in [1.82, 2.24) is 14.9 Å². The summed E-state index contributed by atoms with van der Waals surface area (Å²) in [6.45, 7) is -0.317. The molecule has 1 unspecified atom stereocenters. The van der Waals surface area contributed by atoms with Gasteiger partial charge in [-0.3, -0.25) is 10.1 Å². The van der Waals surface area contributed by atoms with Crippen molar-refractivity contribution in [2.24, 2.45) is 0 Å². The summed E-state index contributed by atoms with van der Waals surface area (Å²) in [5, 5.41) is 27.8. The van der Waals surface area contributed by atoms with Crippen LogP contribution in [0.3, 0.4) is 0 Å². The van der Waals surface area contributed by atoms with Gasteiger partial charge >= 0.3 is 0 Å². The van der Waals surface area contributed by atoms with E-state index in [2.05, 4.69) is 10.1 Å². The summed E-state index contributed by atoms with van der Waals surface area (Å²) in [6.07, 6.45) is 0. The maximum Gasteiger partial charge on any atom is 0.283 e. The Morgan fingerprint density at radius 2 is 1.90 bits per heavy atom. The molecule has 3 rings (SSSR count). The molecule has 0 fully saturated rings. The van der Waals surface area contributed by atoms with Gasteiger partial charge in [-0.2, -0.15) is 0 Å². The highest BCUT2D eigenvalue weighted by atomic mass is 32.2. The van der Waals surface area contributed by atoms with Crippen molar-refractivity contribution in [2.45, 2.75) is 18.0 Å². The van der Waals surface area contributed by atoms with Crippen LogP contribution in [0, 0.1) is 15.3 Å². The second kappa shape index (κ2) is 7.57. The normalized spacial score (nSPS) is 20.0. The molecule has 0 aromatic heterocycles. The average Bonchev–Trinajstić information content (AvgIpc) is 2.66. The van der Waals surface area contributed by atoms with E-state index in [4.69, 9.17) is 9.47 Å². The smallest absolute Gasteiger partial charge is 0.283 e. The fourth-order valence-electron chi connectivity index (χ4n) is 3.36. The van der Waals surface area contributed by atoms with Crippen molar-refractivity contribution >= 4 is 21.4 Å². The molecule has 0 aliphatic carbocycles. The van der Waals surface area contributed by atoms with Gasteiger partial charge in [0.25, 0.3) is 15.7 Å². The molecule has 0 saturated heterocycles. The first-order chi connectivity index (χ1) is 13.7. The first-order valence-electron chi connectivity index (χ1n) is 8.46. The number of methoxy groups -OCH3 is 2. The maximum absolute atomic E-state index is 13.7. The monoisotopic (exact) mass is 424 g/mol. The van der Waals surface area contributed by atoms with Gasteiger partial charge in [0.1, 0.15) is 12.1 Å². The number of ether oxygens (including phenoxy) is 2. The molecule has 0 radical (unpaired) electrons. The molecular weight excluding hydrogens is 404 g/mol. The number of benzene rings is 2. The second-order valence-electron chi connectivity index (χ2n) is 6.37. The Kier molecular flexibility index (Phi) is 5.47. The lowest BCUT2D eigenvalue weighted by Crippen LogP contribution is -2.59. The minimum Gasteiger partial charge on any atom is -0.605 e. The van der Waals surface area contributed by atoms with E-state index in [1.807, 2.05) is 0 Å². The fraction of sp³-hybridized carbons (Fsp3) is 0.294. The number of nitro groups is 1. The number of fused-ring (bicyclic) bond motifs is 1. The van der Waals surface area contributed by atoms with Crippen molar-refractivity contribution < 1.29 is 22.8 Å². The number of hydroxylamine groups is 1. The summed E-state index contributed by atoms with van der Waals surface area (Å²) in [5.74, 6) is 0.470. The summed E-state index contributed by atoms with van der Waals surface area (Å²) in [6, 6.07) is 6.70. The lowest BCUT2D eigenvalue weighted by atomic mass is 10.1. The minimum absolute atomic E-state index is 0.00917. The van der Waals surface area contributed by atoms with E-state index in [-0.39, 0.29) is 52.0 Å². The lowest BCUT2D eigenvalue weighted by Gasteiger charge is -2.44. The highest BCUT2D eigenvalue weighted by Gasteiger charge is 2.41. The molecule has 0 saturated carbocycles. The van der Waals surface area contributed by atoms with Gasteiger partial charge in [0.2, 0.25) is 0 Å². The number of sulfonamides is 1. The van der Waals surface area contributed by atoms with Crippen LogP contribution >= 0.6 is 0 Å². The molecule has 1 aliphatic heterocycles. The van der Waals surface area contributed by atoms with Gasteiger partial charge in [0, 0.05) is 30.3 Å². The number of hydrogen-bond acceptors (Lipinski definition) is 8. The van der Waals surface area contributed by atoms with Gasteiger partial charge in [-0.05, 0) is 24.0 Å². The number of rotatable bonds is 6. The van der Waals surface area contributed by atoms with Crippen LogP contribution in [0.5, 0.6) is 11.5 Å². The summed E-state index contributed by atoms with van der Waals surface area (Å²) < 4.78 is 34.5. The molecule has 0 bridgehead atoms.